The van der Waals surface area contributed by atoms with E-state index >= 15 is 0 Å². The number of hydrogen-bond donors (Lipinski definition) is 2. The number of carbonyl (C=O) groups is 1. The maximum atomic E-state index is 12.3. The van der Waals surface area contributed by atoms with Gasteiger partial charge in [0.25, 0.3) is 0 Å². The summed E-state index contributed by atoms with van der Waals surface area (Å²) in [6.07, 6.45) is 5.39. The average Bonchev–Trinajstić information content (AvgIpc) is 3.30. The molecule has 172 valence electrons. The van der Waals surface area contributed by atoms with Crippen molar-refractivity contribution >= 4 is 22.6 Å². The molecule has 1 atom stereocenters. The van der Waals surface area contributed by atoms with Gasteiger partial charge in [0, 0.05) is 42.2 Å². The Morgan fingerprint density at radius 3 is 2.68 bits per heavy atom. The molecule has 0 aromatic carbocycles. The Labute approximate surface area is 188 Å². The Morgan fingerprint density at radius 2 is 2.00 bits per heavy atom. The summed E-state index contributed by atoms with van der Waals surface area (Å²) in [7, 11) is 0. The van der Waals surface area contributed by atoms with E-state index in [1.54, 1.807) is 22.4 Å². The van der Waals surface area contributed by atoms with Crippen molar-refractivity contribution in [3.63, 3.8) is 0 Å². The highest BCUT2D eigenvalue weighted by Crippen LogP contribution is 2.24. The van der Waals surface area contributed by atoms with E-state index in [0.717, 1.165) is 35.2 Å². The molecule has 1 amide bonds. The number of anilines is 1. The molecule has 0 bridgehead atoms. The van der Waals surface area contributed by atoms with E-state index < -0.39 is 5.60 Å². The number of ether oxygens (including phenoxy) is 1. The number of rotatable bonds is 6. The SMILES string of the molecule is CC(C)(C)OC(=O)N1CCC[C@@H](Nc2ncc(CNCc3ncc(C(C)(C)C)o3)s2)C1. The van der Waals surface area contributed by atoms with Crippen LogP contribution in [0.5, 0.6) is 0 Å². The van der Waals surface area contributed by atoms with Crippen molar-refractivity contribution in [2.45, 2.75) is 84.5 Å². The Kier molecular flexibility index (Phi) is 7.26. The largest absolute Gasteiger partial charge is 0.444 e. The predicted molar refractivity (Wildman–Crippen MR) is 122 cm³/mol. The summed E-state index contributed by atoms with van der Waals surface area (Å²) in [4.78, 5) is 24.1. The third-order valence-corrected chi connectivity index (χ3v) is 5.75. The van der Waals surface area contributed by atoms with E-state index in [2.05, 4.69) is 41.4 Å². The van der Waals surface area contributed by atoms with Gasteiger partial charge >= 0.3 is 6.09 Å². The zero-order valence-corrected chi connectivity index (χ0v) is 20.3. The second-order valence-electron chi connectivity index (χ2n) is 10.0. The Bertz CT molecular complexity index is 865. The molecular formula is C22H35N5O3S. The molecular weight excluding hydrogens is 414 g/mol. The standard InChI is InChI=1S/C22H35N5O3S/c1-21(2,3)17-12-24-18(29-17)13-23-10-16-11-25-19(31-16)26-15-8-7-9-27(14-15)20(28)30-22(4,5)6/h11-12,15,23H,7-10,13-14H2,1-6H3,(H,25,26)/t15-/m1/s1. The molecule has 1 aliphatic heterocycles. The summed E-state index contributed by atoms with van der Waals surface area (Å²) < 4.78 is 11.3. The van der Waals surface area contributed by atoms with Gasteiger partial charge in [0.1, 0.15) is 11.4 Å². The number of nitrogens with zero attached hydrogens (tertiary/aromatic N) is 3. The van der Waals surface area contributed by atoms with Crippen LogP contribution in [0.3, 0.4) is 0 Å². The van der Waals surface area contributed by atoms with Gasteiger partial charge in [-0.15, -0.1) is 11.3 Å². The fourth-order valence-electron chi connectivity index (χ4n) is 3.25. The Balaban J connectivity index is 1.45. The first-order chi connectivity index (χ1) is 14.5. The van der Waals surface area contributed by atoms with Gasteiger partial charge in [-0.05, 0) is 33.6 Å². The first kappa shape index (κ1) is 23.5. The molecule has 8 nitrogen and oxygen atoms in total. The number of nitrogens with one attached hydrogen (secondary N) is 2. The summed E-state index contributed by atoms with van der Waals surface area (Å²) in [5.74, 6) is 1.58. The van der Waals surface area contributed by atoms with Crippen LogP contribution in [-0.4, -0.2) is 45.7 Å². The van der Waals surface area contributed by atoms with Crippen LogP contribution in [0.4, 0.5) is 9.93 Å². The summed E-state index contributed by atoms with van der Waals surface area (Å²) in [6, 6.07) is 0.177. The van der Waals surface area contributed by atoms with Gasteiger partial charge in [-0.25, -0.2) is 14.8 Å². The van der Waals surface area contributed by atoms with Crippen LogP contribution >= 0.6 is 11.3 Å². The van der Waals surface area contributed by atoms with Crippen molar-refractivity contribution in [1.82, 2.24) is 20.2 Å². The zero-order valence-electron chi connectivity index (χ0n) is 19.4. The van der Waals surface area contributed by atoms with Crippen LogP contribution in [0.1, 0.15) is 70.9 Å². The monoisotopic (exact) mass is 449 g/mol. The highest BCUT2D eigenvalue weighted by atomic mass is 32.1. The number of likely N-dealkylation sites (tertiary alicyclic amines) is 1. The predicted octanol–water partition coefficient (Wildman–Crippen LogP) is 4.53. The van der Waals surface area contributed by atoms with Crippen molar-refractivity contribution in [3.8, 4) is 0 Å². The molecule has 0 spiro atoms. The number of amides is 1. The quantitative estimate of drug-likeness (QED) is 0.669. The van der Waals surface area contributed by atoms with Crippen molar-refractivity contribution in [1.29, 1.82) is 0 Å². The topological polar surface area (TPSA) is 92.5 Å². The minimum absolute atomic E-state index is 0.0400. The second-order valence-corrected chi connectivity index (χ2v) is 11.1. The number of oxazole rings is 1. The van der Waals surface area contributed by atoms with Crippen molar-refractivity contribution < 1.29 is 13.9 Å². The molecule has 0 radical (unpaired) electrons. The summed E-state index contributed by atoms with van der Waals surface area (Å²) >= 11 is 1.62. The second kappa shape index (κ2) is 9.56. The smallest absolute Gasteiger partial charge is 0.410 e. The number of carbonyl (C=O) groups excluding carboxylic acids is 1. The average molecular weight is 450 g/mol. The lowest BCUT2D eigenvalue weighted by molar-refractivity contribution is 0.0206. The summed E-state index contributed by atoms with van der Waals surface area (Å²) in [5.41, 5.74) is -0.518. The third-order valence-electron chi connectivity index (χ3n) is 4.82. The van der Waals surface area contributed by atoms with E-state index in [9.17, 15) is 4.79 Å². The van der Waals surface area contributed by atoms with Crippen molar-refractivity contribution in [3.05, 3.63) is 28.9 Å². The minimum Gasteiger partial charge on any atom is -0.444 e. The van der Waals surface area contributed by atoms with Gasteiger partial charge in [0.2, 0.25) is 5.89 Å². The number of thiazole rings is 1. The molecule has 2 aromatic heterocycles. The molecule has 31 heavy (non-hydrogen) atoms. The molecule has 3 heterocycles. The summed E-state index contributed by atoms with van der Waals surface area (Å²) in [5, 5.41) is 7.71. The lowest BCUT2D eigenvalue weighted by Gasteiger charge is -2.34. The van der Waals surface area contributed by atoms with Crippen LogP contribution in [0.25, 0.3) is 0 Å². The zero-order chi connectivity index (χ0) is 22.6. The van der Waals surface area contributed by atoms with E-state index in [-0.39, 0.29) is 17.6 Å². The summed E-state index contributed by atoms with van der Waals surface area (Å²) in [6.45, 7) is 14.6. The maximum absolute atomic E-state index is 12.3. The van der Waals surface area contributed by atoms with Gasteiger partial charge in [-0.3, -0.25) is 0 Å². The molecule has 0 aliphatic carbocycles. The van der Waals surface area contributed by atoms with Crippen LogP contribution < -0.4 is 10.6 Å². The molecule has 1 fully saturated rings. The molecule has 2 N–H and O–H groups in total. The third kappa shape index (κ3) is 7.21. The van der Waals surface area contributed by atoms with Crippen molar-refractivity contribution in [2.75, 3.05) is 18.4 Å². The molecule has 0 saturated carbocycles. The molecule has 1 saturated heterocycles. The van der Waals surface area contributed by atoms with Gasteiger partial charge < -0.3 is 24.7 Å². The molecule has 1 aliphatic rings. The Morgan fingerprint density at radius 1 is 1.23 bits per heavy atom. The van der Waals surface area contributed by atoms with Crippen LogP contribution in [0.2, 0.25) is 0 Å². The molecule has 9 heteroatoms. The lowest BCUT2D eigenvalue weighted by atomic mass is 9.94. The fraction of sp³-hybridized carbons (Fsp3) is 0.682. The van der Waals surface area contributed by atoms with Gasteiger partial charge in [0.15, 0.2) is 5.13 Å². The fourth-order valence-corrected chi connectivity index (χ4v) is 4.11. The molecule has 3 rings (SSSR count). The molecule has 0 unspecified atom stereocenters. The van der Waals surface area contributed by atoms with E-state index in [1.165, 1.54) is 0 Å². The minimum atomic E-state index is -0.478. The lowest BCUT2D eigenvalue weighted by Crippen LogP contribution is -2.46. The number of piperidine rings is 1. The van der Waals surface area contributed by atoms with Gasteiger partial charge in [-0.1, -0.05) is 20.8 Å². The van der Waals surface area contributed by atoms with Crippen molar-refractivity contribution in [2.24, 2.45) is 0 Å². The maximum Gasteiger partial charge on any atom is 0.410 e. The molecule has 2 aromatic rings. The first-order valence-corrected chi connectivity index (χ1v) is 11.7. The van der Waals surface area contributed by atoms with E-state index in [4.69, 9.17) is 9.15 Å². The highest BCUT2D eigenvalue weighted by molar-refractivity contribution is 7.15. The van der Waals surface area contributed by atoms with Crippen LogP contribution in [0.15, 0.2) is 16.8 Å². The van der Waals surface area contributed by atoms with Crippen LogP contribution in [0, 0.1) is 0 Å². The number of aromatic nitrogens is 2. The van der Waals surface area contributed by atoms with Gasteiger partial charge in [0.05, 0.1) is 12.7 Å². The van der Waals surface area contributed by atoms with E-state index in [0.29, 0.717) is 25.5 Å². The Hall–Kier alpha value is -2.13. The van der Waals surface area contributed by atoms with E-state index in [1.807, 2.05) is 27.0 Å². The van der Waals surface area contributed by atoms with Crippen LogP contribution in [-0.2, 0) is 23.2 Å². The first-order valence-electron chi connectivity index (χ1n) is 10.8. The number of hydrogen-bond acceptors (Lipinski definition) is 8. The van der Waals surface area contributed by atoms with Gasteiger partial charge in [-0.2, -0.15) is 0 Å². The highest BCUT2D eigenvalue weighted by Gasteiger charge is 2.28. The normalized spacial score (nSPS) is 17.6.